The van der Waals surface area contributed by atoms with Crippen molar-refractivity contribution in [1.29, 1.82) is 0 Å². The van der Waals surface area contributed by atoms with E-state index in [1.54, 1.807) is 6.92 Å². The smallest absolute Gasteiger partial charge is 0.333 e. The zero-order valence-corrected chi connectivity index (χ0v) is 20.4. The standard InChI is InChI=1S/C18H38O4Si3/c1-10-12-16-25(9,11-2)22-24(7,8)21-23(5,6)15-13-14-20-18(19)17(3)4/h11H,2-3,10,12-16H2,1,4-9H3. The highest BCUT2D eigenvalue weighted by molar-refractivity contribution is 6.89. The molecule has 0 aromatic rings. The number of ether oxygens (including phenoxy) is 1. The Morgan fingerprint density at radius 2 is 1.64 bits per heavy atom. The molecule has 0 bridgehead atoms. The molecular formula is C18H38O4Si3. The molecule has 0 aromatic carbocycles. The second-order valence-electron chi connectivity index (χ2n) is 8.00. The first-order valence-corrected chi connectivity index (χ1v) is 17.9. The van der Waals surface area contributed by atoms with E-state index in [2.05, 4.69) is 52.8 Å². The molecule has 0 aliphatic heterocycles. The second-order valence-corrected chi connectivity index (χ2v) is 20.0. The average molecular weight is 403 g/mol. The van der Waals surface area contributed by atoms with Gasteiger partial charge in [0.25, 0.3) is 0 Å². The van der Waals surface area contributed by atoms with Crippen LogP contribution in [0.4, 0.5) is 0 Å². The Morgan fingerprint density at radius 1 is 1.04 bits per heavy atom. The molecule has 7 heteroatoms. The van der Waals surface area contributed by atoms with Crippen LogP contribution in [0.5, 0.6) is 0 Å². The summed E-state index contributed by atoms with van der Waals surface area (Å²) in [7, 11) is -5.99. The van der Waals surface area contributed by atoms with E-state index in [1.807, 2.05) is 5.70 Å². The largest absolute Gasteiger partial charge is 0.462 e. The van der Waals surface area contributed by atoms with Crippen LogP contribution in [0.3, 0.4) is 0 Å². The third-order valence-corrected chi connectivity index (χ3v) is 15.7. The summed E-state index contributed by atoms with van der Waals surface area (Å²) >= 11 is 0. The maximum Gasteiger partial charge on any atom is 0.333 e. The monoisotopic (exact) mass is 402 g/mol. The van der Waals surface area contributed by atoms with E-state index in [1.165, 1.54) is 12.8 Å². The van der Waals surface area contributed by atoms with Crippen LogP contribution in [0.25, 0.3) is 0 Å². The van der Waals surface area contributed by atoms with Gasteiger partial charge in [0.05, 0.1) is 6.61 Å². The van der Waals surface area contributed by atoms with Gasteiger partial charge in [0, 0.05) is 5.57 Å². The molecule has 0 saturated carbocycles. The van der Waals surface area contributed by atoms with Crippen molar-refractivity contribution >= 4 is 31.2 Å². The summed E-state index contributed by atoms with van der Waals surface area (Å²) in [6, 6.07) is 2.04. The van der Waals surface area contributed by atoms with Gasteiger partial charge in [-0.1, -0.05) is 32.0 Å². The first-order chi connectivity index (χ1) is 11.4. The molecule has 1 unspecified atom stereocenters. The van der Waals surface area contributed by atoms with Gasteiger partial charge in [0.2, 0.25) is 8.32 Å². The van der Waals surface area contributed by atoms with E-state index in [4.69, 9.17) is 13.0 Å². The zero-order chi connectivity index (χ0) is 19.7. The molecule has 0 amide bonds. The van der Waals surface area contributed by atoms with Crippen LogP contribution in [-0.4, -0.2) is 37.8 Å². The fraction of sp³-hybridized carbons (Fsp3) is 0.722. The fourth-order valence-electron chi connectivity index (χ4n) is 2.81. The molecule has 4 nitrogen and oxygen atoms in total. The Balaban J connectivity index is 4.55. The Bertz CT molecular complexity index is 463. The minimum Gasteiger partial charge on any atom is -0.462 e. The third-order valence-electron chi connectivity index (χ3n) is 3.96. The van der Waals surface area contributed by atoms with E-state index in [0.29, 0.717) is 12.2 Å². The molecule has 0 spiro atoms. The summed E-state index contributed by atoms with van der Waals surface area (Å²) in [4.78, 5) is 11.4. The highest BCUT2D eigenvalue weighted by Crippen LogP contribution is 2.27. The van der Waals surface area contributed by atoms with Crippen molar-refractivity contribution in [2.45, 2.75) is 77.9 Å². The van der Waals surface area contributed by atoms with Gasteiger partial charge in [0.15, 0.2) is 8.32 Å². The van der Waals surface area contributed by atoms with Gasteiger partial charge < -0.3 is 13.0 Å². The molecule has 0 N–H and O–H groups in total. The minimum atomic E-state index is -2.21. The van der Waals surface area contributed by atoms with Crippen molar-refractivity contribution in [1.82, 2.24) is 0 Å². The summed E-state index contributed by atoms with van der Waals surface area (Å²) < 4.78 is 18.3. The molecule has 0 heterocycles. The molecule has 0 rings (SSSR count). The summed E-state index contributed by atoms with van der Waals surface area (Å²) in [6.45, 7) is 22.8. The molecule has 146 valence electrons. The third kappa shape index (κ3) is 11.0. The summed E-state index contributed by atoms with van der Waals surface area (Å²) in [6.07, 6.45) is 3.16. The Morgan fingerprint density at radius 3 is 2.12 bits per heavy atom. The number of hydrogen-bond acceptors (Lipinski definition) is 4. The van der Waals surface area contributed by atoms with Crippen molar-refractivity contribution in [3.05, 3.63) is 24.4 Å². The van der Waals surface area contributed by atoms with Gasteiger partial charge in [-0.3, -0.25) is 0 Å². The van der Waals surface area contributed by atoms with Crippen LogP contribution in [0, 0.1) is 0 Å². The summed E-state index contributed by atoms with van der Waals surface area (Å²) in [5.41, 5.74) is 2.49. The highest BCUT2D eigenvalue weighted by Gasteiger charge is 2.40. The van der Waals surface area contributed by atoms with Crippen molar-refractivity contribution in [2.24, 2.45) is 0 Å². The first kappa shape index (κ1) is 24.5. The van der Waals surface area contributed by atoms with Crippen molar-refractivity contribution in [3.8, 4) is 0 Å². The number of carbonyl (C=O) groups excluding carboxylic acids is 1. The topological polar surface area (TPSA) is 44.8 Å². The van der Waals surface area contributed by atoms with Gasteiger partial charge >= 0.3 is 14.5 Å². The SMILES string of the molecule is C=C[Si](C)(CCCC)O[Si](C)(C)O[Si](C)(C)CCCOC(=O)C(=C)C. The predicted octanol–water partition coefficient (Wildman–Crippen LogP) is 5.54. The average Bonchev–Trinajstić information content (AvgIpc) is 2.47. The van der Waals surface area contributed by atoms with Gasteiger partial charge in [-0.15, -0.1) is 6.58 Å². The van der Waals surface area contributed by atoms with Crippen LogP contribution < -0.4 is 0 Å². The van der Waals surface area contributed by atoms with E-state index in [-0.39, 0.29) is 5.97 Å². The Kier molecular flexibility index (Phi) is 10.4. The van der Waals surface area contributed by atoms with Crippen LogP contribution >= 0.6 is 0 Å². The molecule has 1 atom stereocenters. The maximum atomic E-state index is 11.4. The van der Waals surface area contributed by atoms with E-state index in [9.17, 15) is 4.79 Å². The molecule has 0 fully saturated rings. The lowest BCUT2D eigenvalue weighted by Crippen LogP contribution is -2.52. The summed E-state index contributed by atoms with van der Waals surface area (Å²) in [5.74, 6) is -0.317. The van der Waals surface area contributed by atoms with Gasteiger partial charge in [0.1, 0.15) is 0 Å². The number of esters is 1. The fourth-order valence-corrected chi connectivity index (χ4v) is 16.6. The van der Waals surface area contributed by atoms with Crippen molar-refractivity contribution < 1.29 is 17.8 Å². The molecule has 0 radical (unpaired) electrons. The minimum absolute atomic E-state index is 0.317. The lowest BCUT2D eigenvalue weighted by Gasteiger charge is -2.39. The second kappa shape index (κ2) is 10.6. The van der Waals surface area contributed by atoms with Crippen LogP contribution in [0.2, 0.25) is 44.8 Å². The number of hydrogen-bond donors (Lipinski definition) is 0. The van der Waals surface area contributed by atoms with Gasteiger partial charge in [-0.25, -0.2) is 4.79 Å². The van der Waals surface area contributed by atoms with E-state index < -0.39 is 25.2 Å². The Labute approximate surface area is 158 Å². The number of rotatable bonds is 13. The Hall–Kier alpha value is -0.479. The first-order valence-electron chi connectivity index (χ1n) is 9.23. The molecular weight excluding hydrogens is 364 g/mol. The highest BCUT2D eigenvalue weighted by atomic mass is 28.5. The van der Waals surface area contributed by atoms with Crippen LogP contribution in [0.15, 0.2) is 24.4 Å². The molecule has 0 aliphatic rings. The molecule has 0 saturated heterocycles. The van der Waals surface area contributed by atoms with Crippen LogP contribution in [0.1, 0.15) is 33.1 Å². The summed E-state index contributed by atoms with van der Waals surface area (Å²) in [5, 5.41) is 0. The molecule has 25 heavy (non-hydrogen) atoms. The number of unbranched alkanes of at least 4 members (excludes halogenated alkanes) is 1. The van der Waals surface area contributed by atoms with Gasteiger partial charge in [-0.05, 0) is 58.2 Å². The lowest BCUT2D eigenvalue weighted by atomic mass is 10.4. The molecule has 0 aliphatic carbocycles. The van der Waals surface area contributed by atoms with Gasteiger partial charge in [-0.2, -0.15) is 0 Å². The van der Waals surface area contributed by atoms with E-state index >= 15 is 0 Å². The number of carbonyl (C=O) groups is 1. The normalized spacial score (nSPS) is 14.7. The predicted molar refractivity (Wildman–Crippen MR) is 114 cm³/mol. The maximum absolute atomic E-state index is 11.4. The van der Waals surface area contributed by atoms with Crippen molar-refractivity contribution in [2.75, 3.05) is 6.61 Å². The van der Waals surface area contributed by atoms with Crippen LogP contribution in [-0.2, 0) is 17.8 Å². The molecule has 0 aromatic heterocycles. The zero-order valence-electron chi connectivity index (χ0n) is 17.4. The lowest BCUT2D eigenvalue weighted by molar-refractivity contribution is -0.138. The quantitative estimate of drug-likeness (QED) is 0.176. The van der Waals surface area contributed by atoms with E-state index in [0.717, 1.165) is 18.5 Å². The van der Waals surface area contributed by atoms with Crippen molar-refractivity contribution in [3.63, 3.8) is 0 Å².